The number of anilines is 2. The summed E-state index contributed by atoms with van der Waals surface area (Å²) in [7, 11) is 1.65. The number of amides is 1. The molecule has 0 fully saturated rings. The Labute approximate surface area is 157 Å². The van der Waals surface area contributed by atoms with Crippen LogP contribution in [0, 0.1) is 5.82 Å². The van der Waals surface area contributed by atoms with Crippen molar-refractivity contribution in [2.45, 2.75) is 6.42 Å². The summed E-state index contributed by atoms with van der Waals surface area (Å²) in [4.78, 5) is 16.3. The van der Waals surface area contributed by atoms with Gasteiger partial charge in [-0.3, -0.25) is 4.79 Å². The molecule has 1 aromatic heterocycles. The second-order valence-electron chi connectivity index (χ2n) is 5.92. The van der Waals surface area contributed by atoms with Crippen molar-refractivity contribution in [3.8, 4) is 5.75 Å². The zero-order chi connectivity index (χ0) is 19.1. The van der Waals surface area contributed by atoms with Gasteiger partial charge in [0.2, 0.25) is 0 Å². The van der Waals surface area contributed by atoms with Gasteiger partial charge in [-0.2, -0.15) is 0 Å². The van der Waals surface area contributed by atoms with Crippen molar-refractivity contribution < 1.29 is 13.9 Å². The molecule has 3 aromatic rings. The van der Waals surface area contributed by atoms with Gasteiger partial charge in [0.15, 0.2) is 0 Å². The van der Waals surface area contributed by atoms with Crippen LogP contribution in [0.15, 0.2) is 66.9 Å². The minimum atomic E-state index is -0.452. The summed E-state index contributed by atoms with van der Waals surface area (Å²) >= 11 is 0. The third-order valence-corrected chi connectivity index (χ3v) is 3.99. The van der Waals surface area contributed by atoms with Crippen molar-refractivity contribution >= 4 is 17.4 Å². The van der Waals surface area contributed by atoms with Crippen LogP contribution in [0.3, 0.4) is 0 Å². The molecule has 6 heteroatoms. The van der Waals surface area contributed by atoms with Gasteiger partial charge in [-0.1, -0.05) is 18.2 Å². The number of carbonyl (C=O) groups is 1. The Bertz CT molecular complexity index is 896. The summed E-state index contributed by atoms with van der Waals surface area (Å²) in [5.41, 5.74) is 2.31. The average molecular weight is 365 g/mol. The van der Waals surface area contributed by atoms with E-state index >= 15 is 0 Å². The summed E-state index contributed by atoms with van der Waals surface area (Å²) in [6.07, 6.45) is 2.51. The quantitative estimate of drug-likeness (QED) is 0.661. The second-order valence-corrected chi connectivity index (χ2v) is 5.92. The fourth-order valence-electron chi connectivity index (χ4n) is 2.53. The highest BCUT2D eigenvalue weighted by Gasteiger charge is 2.07. The van der Waals surface area contributed by atoms with Crippen molar-refractivity contribution in [1.29, 1.82) is 0 Å². The third-order valence-electron chi connectivity index (χ3n) is 3.99. The molecule has 5 nitrogen and oxygen atoms in total. The first-order valence-corrected chi connectivity index (χ1v) is 8.54. The number of nitrogens with zero attached hydrogens (tertiary/aromatic N) is 1. The van der Waals surface area contributed by atoms with E-state index in [0.717, 1.165) is 24.4 Å². The summed E-state index contributed by atoms with van der Waals surface area (Å²) in [6, 6.07) is 17.0. The van der Waals surface area contributed by atoms with E-state index in [2.05, 4.69) is 15.6 Å². The summed E-state index contributed by atoms with van der Waals surface area (Å²) in [5.74, 6) is 0.394. The van der Waals surface area contributed by atoms with E-state index in [9.17, 15) is 9.18 Å². The van der Waals surface area contributed by atoms with Gasteiger partial charge in [0.25, 0.3) is 5.91 Å². The van der Waals surface area contributed by atoms with Crippen LogP contribution in [0.25, 0.3) is 0 Å². The van der Waals surface area contributed by atoms with Crippen LogP contribution in [-0.2, 0) is 6.42 Å². The molecule has 0 radical (unpaired) electrons. The molecule has 0 aliphatic rings. The molecule has 138 valence electrons. The van der Waals surface area contributed by atoms with Crippen LogP contribution in [0.1, 0.15) is 15.9 Å². The Hall–Kier alpha value is -3.41. The number of aromatic nitrogens is 1. The van der Waals surface area contributed by atoms with E-state index in [4.69, 9.17) is 4.74 Å². The highest BCUT2D eigenvalue weighted by atomic mass is 19.1. The smallest absolute Gasteiger partial charge is 0.256 e. The fraction of sp³-hybridized carbons (Fsp3) is 0.143. The maximum Gasteiger partial charge on any atom is 0.256 e. The number of rotatable bonds is 7. The number of halogens is 1. The first-order chi connectivity index (χ1) is 13.1. The lowest BCUT2D eigenvalue weighted by Crippen LogP contribution is -2.13. The molecule has 0 atom stereocenters. The van der Waals surface area contributed by atoms with Crippen molar-refractivity contribution in [3.63, 3.8) is 0 Å². The first-order valence-electron chi connectivity index (χ1n) is 8.54. The lowest BCUT2D eigenvalue weighted by atomic mass is 10.1. The lowest BCUT2D eigenvalue weighted by molar-refractivity contribution is 0.102. The van der Waals surface area contributed by atoms with E-state index in [0.29, 0.717) is 5.82 Å². The van der Waals surface area contributed by atoms with Gasteiger partial charge in [-0.15, -0.1) is 0 Å². The number of pyridine rings is 1. The topological polar surface area (TPSA) is 63.2 Å². The van der Waals surface area contributed by atoms with Gasteiger partial charge in [0.1, 0.15) is 17.4 Å². The standard InChI is InChI=1S/C21H20FN3O2/c1-27-19-8-5-15(6-9-19)11-12-23-18-7-10-20(24-14-18)25-21(26)16-3-2-4-17(22)13-16/h2-10,13-14,23H,11-12H2,1H3,(H,24,25,26). The molecule has 0 unspecified atom stereocenters. The minimum absolute atomic E-state index is 0.249. The number of carbonyl (C=O) groups excluding carboxylic acids is 1. The molecule has 0 aliphatic heterocycles. The van der Waals surface area contributed by atoms with E-state index in [1.807, 2.05) is 30.3 Å². The SMILES string of the molecule is COc1ccc(CCNc2ccc(NC(=O)c3cccc(F)c3)nc2)cc1. The van der Waals surface area contributed by atoms with Crippen LogP contribution < -0.4 is 15.4 Å². The van der Waals surface area contributed by atoms with Gasteiger partial charge in [0.05, 0.1) is 19.0 Å². The molecular formula is C21H20FN3O2. The van der Waals surface area contributed by atoms with Crippen LogP contribution in [0.2, 0.25) is 0 Å². The molecule has 0 bridgehead atoms. The normalized spacial score (nSPS) is 10.3. The Morgan fingerprint density at radius 2 is 1.93 bits per heavy atom. The molecule has 27 heavy (non-hydrogen) atoms. The van der Waals surface area contributed by atoms with Gasteiger partial charge < -0.3 is 15.4 Å². The molecule has 1 amide bonds. The molecule has 0 spiro atoms. The highest BCUT2D eigenvalue weighted by molar-refractivity contribution is 6.03. The summed E-state index contributed by atoms with van der Waals surface area (Å²) in [6.45, 7) is 0.753. The van der Waals surface area contributed by atoms with E-state index in [-0.39, 0.29) is 5.56 Å². The number of ether oxygens (including phenoxy) is 1. The van der Waals surface area contributed by atoms with Gasteiger partial charge in [-0.25, -0.2) is 9.37 Å². The minimum Gasteiger partial charge on any atom is -0.497 e. The van der Waals surface area contributed by atoms with Gasteiger partial charge >= 0.3 is 0 Å². The van der Waals surface area contributed by atoms with Gasteiger partial charge in [0, 0.05) is 12.1 Å². The van der Waals surface area contributed by atoms with Crippen molar-refractivity contribution in [2.24, 2.45) is 0 Å². The van der Waals surface area contributed by atoms with Crippen molar-refractivity contribution in [1.82, 2.24) is 4.98 Å². The zero-order valence-corrected chi connectivity index (χ0v) is 14.9. The predicted molar refractivity (Wildman–Crippen MR) is 104 cm³/mol. The van der Waals surface area contributed by atoms with Crippen molar-refractivity contribution in [2.75, 3.05) is 24.3 Å². The maximum atomic E-state index is 13.2. The number of hydrogen-bond donors (Lipinski definition) is 2. The van der Waals surface area contributed by atoms with Crippen LogP contribution in [0.4, 0.5) is 15.9 Å². The predicted octanol–water partition coefficient (Wildman–Crippen LogP) is 4.14. The fourth-order valence-corrected chi connectivity index (χ4v) is 2.53. The number of nitrogens with one attached hydrogen (secondary N) is 2. The Morgan fingerprint density at radius 3 is 2.59 bits per heavy atom. The average Bonchev–Trinajstić information content (AvgIpc) is 2.70. The Balaban J connectivity index is 1.50. The lowest BCUT2D eigenvalue weighted by Gasteiger charge is -2.08. The molecule has 2 N–H and O–H groups in total. The van der Waals surface area contributed by atoms with E-state index in [1.54, 1.807) is 25.4 Å². The number of methoxy groups -OCH3 is 1. The molecule has 0 saturated heterocycles. The zero-order valence-electron chi connectivity index (χ0n) is 14.9. The van der Waals surface area contributed by atoms with Crippen LogP contribution >= 0.6 is 0 Å². The largest absolute Gasteiger partial charge is 0.497 e. The molecule has 3 rings (SSSR count). The Morgan fingerprint density at radius 1 is 1.11 bits per heavy atom. The number of hydrogen-bond acceptors (Lipinski definition) is 4. The van der Waals surface area contributed by atoms with Gasteiger partial charge in [-0.05, 0) is 54.4 Å². The molecule has 2 aromatic carbocycles. The van der Waals surface area contributed by atoms with Crippen LogP contribution in [0.5, 0.6) is 5.75 Å². The number of benzene rings is 2. The first kappa shape index (κ1) is 18.4. The molecular weight excluding hydrogens is 345 g/mol. The van der Waals surface area contributed by atoms with Crippen molar-refractivity contribution in [3.05, 3.63) is 83.8 Å². The second kappa shape index (κ2) is 8.80. The van der Waals surface area contributed by atoms with E-state index in [1.165, 1.54) is 23.8 Å². The summed E-state index contributed by atoms with van der Waals surface area (Å²) < 4.78 is 18.3. The Kier molecular flexibility index (Phi) is 5.99. The third kappa shape index (κ3) is 5.28. The summed E-state index contributed by atoms with van der Waals surface area (Å²) in [5, 5.41) is 5.93. The molecule has 1 heterocycles. The van der Waals surface area contributed by atoms with E-state index < -0.39 is 11.7 Å². The van der Waals surface area contributed by atoms with Crippen LogP contribution in [-0.4, -0.2) is 24.5 Å². The maximum absolute atomic E-state index is 13.2. The monoisotopic (exact) mass is 365 g/mol. The molecule has 0 saturated carbocycles. The molecule has 0 aliphatic carbocycles. The highest BCUT2D eigenvalue weighted by Crippen LogP contribution is 2.14.